The predicted molar refractivity (Wildman–Crippen MR) is 233 cm³/mol. The molecule has 0 saturated carbocycles. The zero-order valence-electron chi connectivity index (χ0n) is 37.1. The molecule has 0 aliphatic heterocycles. The predicted octanol–water partition coefficient (Wildman–Crippen LogP) is 13.0. The molecule has 0 saturated heterocycles. The maximum Gasteiger partial charge on any atom is 0.472 e. The molecule has 0 spiro atoms. The Labute approximate surface area is 350 Å². The van der Waals surface area contributed by atoms with Crippen LogP contribution in [0.4, 0.5) is 0 Å². The van der Waals surface area contributed by atoms with E-state index in [4.69, 9.17) is 18.5 Å². The molecule has 3 unspecified atom stereocenters. The Kier molecular flexibility index (Phi) is 42.3. The molecule has 0 bridgehead atoms. The van der Waals surface area contributed by atoms with Gasteiger partial charge in [-0.15, -0.1) is 0 Å². The molecule has 0 radical (unpaired) electrons. The van der Waals surface area contributed by atoms with Gasteiger partial charge in [-0.2, -0.15) is 0 Å². The summed E-state index contributed by atoms with van der Waals surface area (Å²) in [5, 5.41) is 19.2. The number of carbonyl (C=O) groups excluding carboxylic acids is 2. The first kappa shape index (κ1) is 56.0. The van der Waals surface area contributed by atoms with Gasteiger partial charge in [0.1, 0.15) is 12.2 Å². The molecule has 340 valence electrons. The number of esters is 2. The van der Waals surface area contributed by atoms with Crippen molar-refractivity contribution in [3.63, 3.8) is 0 Å². The van der Waals surface area contributed by atoms with Crippen LogP contribution < -0.4 is 0 Å². The van der Waals surface area contributed by atoms with Crippen LogP contribution in [0.3, 0.4) is 0 Å². The number of phosphoric ester groups is 1. The molecule has 0 amide bonds. The quantitative estimate of drug-likeness (QED) is 0.0307. The van der Waals surface area contributed by atoms with Crippen molar-refractivity contribution in [1.82, 2.24) is 0 Å². The topological polar surface area (TPSA) is 149 Å². The van der Waals surface area contributed by atoms with Crippen molar-refractivity contribution < 1.29 is 47.8 Å². The van der Waals surface area contributed by atoms with Gasteiger partial charge < -0.3 is 24.6 Å². The minimum Gasteiger partial charge on any atom is -0.457 e. The summed E-state index contributed by atoms with van der Waals surface area (Å²) in [4.78, 5) is 34.5. The Morgan fingerprint density at radius 2 is 0.614 bits per heavy atom. The number of hydrogen-bond donors (Lipinski definition) is 3. The fraction of sp³-hybridized carbons (Fsp3) is 0.957. The van der Waals surface area contributed by atoms with E-state index in [0.717, 1.165) is 38.5 Å². The molecule has 11 heteroatoms. The van der Waals surface area contributed by atoms with Crippen LogP contribution in [0.1, 0.15) is 245 Å². The number of aliphatic hydroxyl groups is 2. The van der Waals surface area contributed by atoms with E-state index in [0.29, 0.717) is 12.8 Å². The first-order valence-electron chi connectivity index (χ1n) is 24.0. The molecular weight excluding hydrogens is 743 g/mol. The van der Waals surface area contributed by atoms with E-state index in [-0.39, 0.29) is 12.8 Å². The lowest BCUT2D eigenvalue weighted by molar-refractivity contribution is -0.153. The fourth-order valence-electron chi connectivity index (χ4n) is 7.12. The number of carbonyl (C=O) groups is 2. The summed E-state index contributed by atoms with van der Waals surface area (Å²) in [5.74, 6) is -1.01. The average Bonchev–Trinajstić information content (AvgIpc) is 3.20. The molecule has 0 rings (SSSR count). The van der Waals surface area contributed by atoms with Crippen molar-refractivity contribution in [1.29, 1.82) is 0 Å². The average molecular weight is 835 g/mol. The summed E-state index contributed by atoms with van der Waals surface area (Å²) < 4.78 is 32.6. The van der Waals surface area contributed by atoms with Gasteiger partial charge in [-0.3, -0.25) is 18.6 Å². The number of hydrogen-bond acceptors (Lipinski definition) is 9. The zero-order chi connectivity index (χ0) is 41.9. The third kappa shape index (κ3) is 41.5. The third-order valence-corrected chi connectivity index (χ3v) is 11.8. The van der Waals surface area contributed by atoms with Crippen LogP contribution >= 0.6 is 7.82 Å². The first-order chi connectivity index (χ1) is 27.8. The second-order valence-corrected chi connectivity index (χ2v) is 17.9. The summed E-state index contributed by atoms with van der Waals surface area (Å²) in [6.07, 6.45) is 41.0. The van der Waals surface area contributed by atoms with Crippen LogP contribution in [0.15, 0.2) is 0 Å². The highest BCUT2D eigenvalue weighted by Crippen LogP contribution is 2.43. The maximum atomic E-state index is 12.4. The summed E-state index contributed by atoms with van der Waals surface area (Å²) >= 11 is 0. The smallest absolute Gasteiger partial charge is 0.457 e. The fourth-order valence-corrected chi connectivity index (χ4v) is 7.90. The minimum absolute atomic E-state index is 0.198. The van der Waals surface area contributed by atoms with E-state index in [2.05, 4.69) is 13.8 Å². The monoisotopic (exact) mass is 835 g/mol. The van der Waals surface area contributed by atoms with E-state index in [9.17, 15) is 29.3 Å². The van der Waals surface area contributed by atoms with Crippen molar-refractivity contribution in [2.45, 2.75) is 257 Å². The zero-order valence-corrected chi connectivity index (χ0v) is 38.0. The Hall–Kier alpha value is -1.03. The van der Waals surface area contributed by atoms with Gasteiger partial charge in [-0.25, -0.2) is 4.57 Å². The van der Waals surface area contributed by atoms with Crippen molar-refractivity contribution in [2.24, 2.45) is 0 Å². The van der Waals surface area contributed by atoms with Crippen molar-refractivity contribution >= 4 is 19.8 Å². The van der Waals surface area contributed by atoms with E-state index >= 15 is 0 Å². The Balaban J connectivity index is 3.75. The molecule has 0 aromatic rings. The number of rotatable bonds is 46. The number of phosphoric acid groups is 1. The Morgan fingerprint density at radius 3 is 0.825 bits per heavy atom. The lowest BCUT2D eigenvalue weighted by Crippen LogP contribution is -2.28. The van der Waals surface area contributed by atoms with Crippen molar-refractivity contribution in [3.05, 3.63) is 0 Å². The second kappa shape index (κ2) is 43.1. The molecule has 3 N–H and O–H groups in total. The highest BCUT2D eigenvalue weighted by molar-refractivity contribution is 7.47. The summed E-state index contributed by atoms with van der Waals surface area (Å²) in [5.41, 5.74) is 0. The summed E-state index contributed by atoms with van der Waals surface area (Å²) in [7, 11) is -4.63. The highest BCUT2D eigenvalue weighted by atomic mass is 31.2. The molecule has 0 aromatic heterocycles. The van der Waals surface area contributed by atoms with Crippen LogP contribution in [0.25, 0.3) is 0 Å². The summed E-state index contributed by atoms with van der Waals surface area (Å²) in [6.45, 7) is 2.24. The van der Waals surface area contributed by atoms with E-state index < -0.39 is 58.4 Å². The largest absolute Gasteiger partial charge is 0.472 e. The number of unbranched alkanes of at least 4 members (excludes halogenated alkanes) is 32. The molecule has 57 heavy (non-hydrogen) atoms. The lowest BCUT2D eigenvalue weighted by atomic mass is 10.0. The normalized spacial score (nSPS) is 13.7. The molecular formula is C46H91O10P. The molecule has 10 nitrogen and oxygen atoms in total. The summed E-state index contributed by atoms with van der Waals surface area (Å²) in [6, 6.07) is 0. The number of aliphatic hydroxyl groups excluding tert-OH is 2. The van der Waals surface area contributed by atoms with Crippen LogP contribution in [0, 0.1) is 0 Å². The van der Waals surface area contributed by atoms with Gasteiger partial charge in [0, 0.05) is 12.8 Å². The highest BCUT2D eigenvalue weighted by Gasteiger charge is 2.27. The van der Waals surface area contributed by atoms with Crippen LogP contribution in [-0.4, -0.2) is 65.7 Å². The second-order valence-electron chi connectivity index (χ2n) is 16.5. The van der Waals surface area contributed by atoms with Gasteiger partial charge in [0.15, 0.2) is 0 Å². The number of ether oxygens (including phenoxy) is 2. The van der Waals surface area contributed by atoms with Gasteiger partial charge in [-0.1, -0.05) is 219 Å². The van der Waals surface area contributed by atoms with Crippen molar-refractivity contribution in [2.75, 3.05) is 26.4 Å². The van der Waals surface area contributed by atoms with Crippen LogP contribution in [-0.2, 0) is 32.7 Å². The van der Waals surface area contributed by atoms with Gasteiger partial charge in [0.05, 0.1) is 26.4 Å². The van der Waals surface area contributed by atoms with Gasteiger partial charge in [-0.05, 0) is 12.8 Å². The lowest BCUT2D eigenvalue weighted by Gasteiger charge is -2.20. The molecule has 0 aromatic carbocycles. The maximum absolute atomic E-state index is 12.4. The minimum atomic E-state index is -4.63. The van der Waals surface area contributed by atoms with Crippen LogP contribution in [0.2, 0.25) is 0 Å². The SMILES string of the molecule is CCCCCCCCCCCCCCCCCCCCCCCCCCC(=O)OC(CO)COP(=O)(O)OCC(CO)OC(=O)CCCCCCCCCCCC. The van der Waals surface area contributed by atoms with Gasteiger partial charge in [0.2, 0.25) is 0 Å². The van der Waals surface area contributed by atoms with Gasteiger partial charge in [0.25, 0.3) is 0 Å². The Bertz CT molecular complexity index is 920. The molecule has 3 atom stereocenters. The van der Waals surface area contributed by atoms with E-state index in [1.807, 2.05) is 0 Å². The molecule has 0 fully saturated rings. The molecule has 0 heterocycles. The Morgan fingerprint density at radius 1 is 0.404 bits per heavy atom. The first-order valence-corrected chi connectivity index (χ1v) is 25.5. The third-order valence-electron chi connectivity index (χ3n) is 10.8. The molecule has 0 aliphatic rings. The van der Waals surface area contributed by atoms with E-state index in [1.165, 1.54) is 167 Å². The van der Waals surface area contributed by atoms with Crippen molar-refractivity contribution in [3.8, 4) is 0 Å². The molecule has 0 aliphatic carbocycles. The van der Waals surface area contributed by atoms with Crippen LogP contribution in [0.5, 0.6) is 0 Å². The standard InChI is InChI=1S/C46H91O10P/c1-3-5-7-9-11-13-15-16-17-18-19-20-21-22-23-24-25-26-27-28-30-32-34-36-38-46(50)56-44(40-48)42-54-57(51,52)53-41-43(39-47)55-45(49)37-35-33-31-29-14-12-10-8-6-4-2/h43-44,47-48H,3-42H2,1-2H3,(H,51,52). The van der Waals surface area contributed by atoms with Gasteiger partial charge >= 0.3 is 19.8 Å². The van der Waals surface area contributed by atoms with E-state index in [1.54, 1.807) is 0 Å².